The van der Waals surface area contributed by atoms with Gasteiger partial charge in [0.25, 0.3) is 0 Å². The number of ether oxygens (including phenoxy) is 2. The van der Waals surface area contributed by atoms with Gasteiger partial charge in [-0.05, 0) is 58.2 Å². The van der Waals surface area contributed by atoms with Gasteiger partial charge in [-0.3, -0.25) is 0 Å². The van der Waals surface area contributed by atoms with E-state index in [1.165, 1.54) is 12.8 Å². The Morgan fingerprint density at radius 3 is 2.63 bits per heavy atom. The highest BCUT2D eigenvalue weighted by Crippen LogP contribution is 2.22. The predicted octanol–water partition coefficient (Wildman–Crippen LogP) is 5.65. The van der Waals surface area contributed by atoms with Gasteiger partial charge in [0.2, 0.25) is 5.89 Å². The molecule has 164 valence electrons. The monoisotopic (exact) mass is 412 g/mol. The van der Waals surface area contributed by atoms with E-state index in [4.69, 9.17) is 13.9 Å². The Hall–Kier alpha value is -2.55. The number of hydrogen-bond donors (Lipinski definition) is 1. The summed E-state index contributed by atoms with van der Waals surface area (Å²) in [6.07, 6.45) is 25.3. The van der Waals surface area contributed by atoms with Crippen molar-refractivity contribution in [1.82, 2.24) is 10.3 Å². The molecule has 0 radical (unpaired) electrons. The number of hydrogen-bond acceptors (Lipinski definition) is 5. The van der Waals surface area contributed by atoms with E-state index < -0.39 is 0 Å². The van der Waals surface area contributed by atoms with Gasteiger partial charge in [0.1, 0.15) is 6.26 Å². The third-order valence-corrected chi connectivity index (χ3v) is 4.73. The maximum absolute atomic E-state index is 6.07. The zero-order valence-corrected chi connectivity index (χ0v) is 18.4. The maximum Gasteiger partial charge on any atom is 0.221 e. The van der Waals surface area contributed by atoms with Crippen molar-refractivity contribution < 1.29 is 13.9 Å². The minimum atomic E-state index is 0.537. The van der Waals surface area contributed by atoms with E-state index in [0.29, 0.717) is 18.5 Å². The van der Waals surface area contributed by atoms with Crippen LogP contribution in [0.15, 0.2) is 59.3 Å². The van der Waals surface area contributed by atoms with Gasteiger partial charge in [0.15, 0.2) is 0 Å². The van der Waals surface area contributed by atoms with Crippen LogP contribution in [-0.4, -0.2) is 30.8 Å². The van der Waals surface area contributed by atoms with Crippen LogP contribution in [0.4, 0.5) is 0 Å². The average molecular weight is 413 g/mol. The van der Waals surface area contributed by atoms with Gasteiger partial charge in [-0.25, -0.2) is 4.98 Å². The lowest BCUT2D eigenvalue weighted by atomic mass is 10.1. The van der Waals surface area contributed by atoms with Crippen LogP contribution >= 0.6 is 0 Å². The van der Waals surface area contributed by atoms with Crippen LogP contribution in [0.5, 0.6) is 0 Å². The minimum Gasteiger partial charge on any atom is -0.467 e. The topological polar surface area (TPSA) is 56.5 Å². The average Bonchev–Trinajstić information content (AvgIpc) is 3.50. The molecule has 1 fully saturated rings. The van der Waals surface area contributed by atoms with Gasteiger partial charge in [-0.2, -0.15) is 0 Å². The second kappa shape index (κ2) is 16.3. The van der Waals surface area contributed by atoms with Crippen molar-refractivity contribution in [2.24, 2.45) is 0 Å². The SMILES string of the molecule is C#C.C=C(CC/C(=C\C)O/C(=C/C)CC/C=C\COC[C@H]1CCCN1)c1ncco1. The van der Waals surface area contributed by atoms with Crippen molar-refractivity contribution >= 4 is 5.57 Å². The van der Waals surface area contributed by atoms with E-state index in [1.807, 2.05) is 26.0 Å². The summed E-state index contributed by atoms with van der Waals surface area (Å²) in [5, 5.41) is 3.44. The van der Waals surface area contributed by atoms with Gasteiger partial charge in [-0.1, -0.05) is 18.7 Å². The van der Waals surface area contributed by atoms with Crippen LogP contribution in [0, 0.1) is 12.8 Å². The summed E-state index contributed by atoms with van der Waals surface area (Å²) in [6, 6.07) is 0.537. The molecule has 0 spiro atoms. The van der Waals surface area contributed by atoms with Gasteiger partial charge >= 0.3 is 0 Å². The molecule has 0 saturated carbocycles. The van der Waals surface area contributed by atoms with Crippen molar-refractivity contribution in [1.29, 1.82) is 0 Å². The highest BCUT2D eigenvalue weighted by Gasteiger charge is 2.13. The molecule has 1 aromatic rings. The number of allylic oxidation sites excluding steroid dienone is 6. The second-order valence-electron chi connectivity index (χ2n) is 6.89. The molecule has 0 aromatic carbocycles. The lowest BCUT2D eigenvalue weighted by molar-refractivity contribution is 0.141. The number of aromatic nitrogens is 1. The van der Waals surface area contributed by atoms with E-state index in [9.17, 15) is 0 Å². The van der Waals surface area contributed by atoms with Crippen LogP contribution < -0.4 is 5.32 Å². The first-order valence-electron chi connectivity index (χ1n) is 10.6. The molecule has 5 heteroatoms. The molecule has 1 N–H and O–H groups in total. The van der Waals surface area contributed by atoms with Gasteiger partial charge in [0.05, 0.1) is 30.9 Å². The highest BCUT2D eigenvalue weighted by molar-refractivity contribution is 5.55. The first-order chi connectivity index (χ1) is 14.7. The molecule has 5 nitrogen and oxygen atoms in total. The van der Waals surface area contributed by atoms with Gasteiger partial charge in [0, 0.05) is 24.5 Å². The van der Waals surface area contributed by atoms with Crippen LogP contribution in [-0.2, 0) is 9.47 Å². The number of terminal acetylenes is 1. The Kier molecular flexibility index (Phi) is 13.8. The van der Waals surface area contributed by atoms with Gasteiger partial charge in [-0.15, -0.1) is 12.8 Å². The Labute approximate surface area is 181 Å². The Balaban J connectivity index is 0.00000218. The molecule has 2 heterocycles. The fraction of sp³-hybridized carbons (Fsp3) is 0.480. The summed E-state index contributed by atoms with van der Waals surface area (Å²) in [5.41, 5.74) is 0.880. The molecule has 1 aromatic heterocycles. The first kappa shape index (κ1) is 25.5. The predicted molar refractivity (Wildman–Crippen MR) is 123 cm³/mol. The zero-order valence-electron chi connectivity index (χ0n) is 18.4. The molecule has 1 aliphatic heterocycles. The standard InChI is InChI=1S/C23H34N2O3.C2H2/c1-4-21(11-7-6-8-16-26-18-20-10-9-14-24-20)28-22(5-2)13-12-19(3)23-25-15-17-27-23;1-2/h4-6,8,15,17,20,24H,3,7,9-14,16,18H2,1-2H3;1-2H/b8-6-,21-4+,22-5+;/t20-;/m1./s1. The van der Waals surface area contributed by atoms with Crippen LogP contribution in [0.25, 0.3) is 5.57 Å². The molecule has 1 atom stereocenters. The summed E-state index contributed by atoms with van der Waals surface area (Å²) in [5.74, 6) is 2.52. The molecule has 0 unspecified atom stereocenters. The summed E-state index contributed by atoms with van der Waals surface area (Å²) >= 11 is 0. The lowest BCUT2D eigenvalue weighted by Crippen LogP contribution is -2.26. The minimum absolute atomic E-state index is 0.537. The fourth-order valence-corrected chi connectivity index (χ4v) is 3.04. The zero-order chi connectivity index (χ0) is 22.0. The van der Waals surface area contributed by atoms with E-state index in [1.54, 1.807) is 12.5 Å². The fourth-order valence-electron chi connectivity index (χ4n) is 3.04. The van der Waals surface area contributed by atoms with Crippen LogP contribution in [0.1, 0.15) is 58.3 Å². The van der Waals surface area contributed by atoms with Crippen LogP contribution in [0.2, 0.25) is 0 Å². The Morgan fingerprint density at radius 1 is 1.23 bits per heavy atom. The molecule has 0 aliphatic carbocycles. The molecule has 1 saturated heterocycles. The van der Waals surface area contributed by atoms with Crippen LogP contribution in [0.3, 0.4) is 0 Å². The van der Waals surface area contributed by atoms with Crippen molar-refractivity contribution in [3.63, 3.8) is 0 Å². The highest BCUT2D eigenvalue weighted by atomic mass is 16.5. The molecular formula is C25H36N2O3. The quantitative estimate of drug-likeness (QED) is 0.196. The summed E-state index contributed by atoms with van der Waals surface area (Å²) in [4.78, 5) is 4.13. The first-order valence-corrected chi connectivity index (χ1v) is 10.6. The Bertz CT molecular complexity index is 693. The number of nitrogens with one attached hydrogen (secondary N) is 1. The van der Waals surface area contributed by atoms with E-state index in [0.717, 1.165) is 55.9 Å². The smallest absolute Gasteiger partial charge is 0.221 e. The van der Waals surface area contributed by atoms with Crippen molar-refractivity contribution in [2.45, 2.75) is 58.4 Å². The van der Waals surface area contributed by atoms with Crippen molar-refractivity contribution in [3.05, 3.63) is 60.8 Å². The summed E-state index contributed by atoms with van der Waals surface area (Å²) in [7, 11) is 0. The third kappa shape index (κ3) is 10.3. The largest absolute Gasteiger partial charge is 0.467 e. The summed E-state index contributed by atoms with van der Waals surface area (Å²) in [6.45, 7) is 10.6. The normalized spacial score (nSPS) is 17.0. The third-order valence-electron chi connectivity index (χ3n) is 4.73. The van der Waals surface area contributed by atoms with Crippen molar-refractivity contribution in [2.75, 3.05) is 19.8 Å². The molecule has 1 aliphatic rings. The second-order valence-corrected chi connectivity index (χ2v) is 6.89. The lowest BCUT2D eigenvalue weighted by Gasteiger charge is -2.13. The molecule has 0 amide bonds. The molecule has 30 heavy (non-hydrogen) atoms. The summed E-state index contributed by atoms with van der Waals surface area (Å²) < 4.78 is 17.0. The number of rotatable bonds is 13. The van der Waals surface area contributed by atoms with E-state index in [-0.39, 0.29) is 0 Å². The maximum atomic E-state index is 6.07. The number of oxazole rings is 1. The van der Waals surface area contributed by atoms with Gasteiger partial charge < -0.3 is 19.2 Å². The number of nitrogens with zero attached hydrogens (tertiary/aromatic N) is 1. The molecular weight excluding hydrogens is 376 g/mol. The van der Waals surface area contributed by atoms with E-state index >= 15 is 0 Å². The van der Waals surface area contributed by atoms with Crippen molar-refractivity contribution in [3.8, 4) is 12.8 Å². The molecule has 2 rings (SSSR count). The van der Waals surface area contributed by atoms with E-state index in [2.05, 4.69) is 41.9 Å². The molecule has 0 bridgehead atoms. The Morgan fingerprint density at radius 2 is 2.00 bits per heavy atom.